The average molecular weight is 316 g/mol. The smallest absolute Gasteiger partial charge is 0.306 e. The Bertz CT molecular complexity index is 509. The molecule has 1 saturated heterocycles. The molecule has 4 rings (SSSR count). The molecule has 0 amide bonds. The summed E-state index contributed by atoms with van der Waals surface area (Å²) >= 11 is 0. The molecule has 2 aliphatic carbocycles. The van der Waals surface area contributed by atoms with Gasteiger partial charge in [0.1, 0.15) is 6.10 Å². The van der Waals surface area contributed by atoms with Crippen molar-refractivity contribution in [3.05, 3.63) is 24.3 Å². The Kier molecular flexibility index (Phi) is 4.31. The first-order valence-corrected chi connectivity index (χ1v) is 9.44. The van der Waals surface area contributed by atoms with E-state index in [1.807, 2.05) is 0 Å². The molecule has 3 heteroatoms. The lowest BCUT2D eigenvalue weighted by Gasteiger charge is -2.29. The molecule has 126 valence electrons. The third-order valence-corrected chi connectivity index (χ3v) is 6.16. The quantitative estimate of drug-likeness (QED) is 0.438. The lowest BCUT2D eigenvalue weighted by atomic mass is 9.86. The minimum atomic E-state index is 0.00798. The van der Waals surface area contributed by atoms with Crippen molar-refractivity contribution < 1.29 is 14.3 Å². The summed E-state index contributed by atoms with van der Waals surface area (Å²) in [6.45, 7) is 2.25. The Labute approximate surface area is 139 Å². The van der Waals surface area contributed by atoms with Crippen LogP contribution in [0.2, 0.25) is 0 Å². The van der Waals surface area contributed by atoms with Gasteiger partial charge in [0.15, 0.2) is 0 Å². The van der Waals surface area contributed by atoms with Crippen LogP contribution in [0.4, 0.5) is 0 Å². The summed E-state index contributed by atoms with van der Waals surface area (Å²) in [6.07, 6.45) is 16.8. The van der Waals surface area contributed by atoms with Gasteiger partial charge < -0.3 is 9.47 Å². The van der Waals surface area contributed by atoms with Crippen LogP contribution in [-0.4, -0.2) is 24.3 Å². The molecule has 23 heavy (non-hydrogen) atoms. The van der Waals surface area contributed by atoms with Crippen LogP contribution in [0.25, 0.3) is 0 Å². The summed E-state index contributed by atoms with van der Waals surface area (Å²) in [6, 6.07) is 0. The second-order valence-electron chi connectivity index (χ2n) is 7.67. The summed E-state index contributed by atoms with van der Waals surface area (Å²) in [5.41, 5.74) is 0. The molecule has 0 aromatic heterocycles. The molecule has 7 atom stereocenters. The summed E-state index contributed by atoms with van der Waals surface area (Å²) in [5.74, 6) is 2.25. The number of epoxide rings is 1. The molecule has 0 bridgehead atoms. The highest BCUT2D eigenvalue weighted by atomic mass is 16.6. The average Bonchev–Trinajstić information content (AvgIpc) is 3.45. The third kappa shape index (κ3) is 3.26. The number of esters is 1. The largest absolute Gasteiger partial charge is 0.462 e. The molecular formula is C20H28O3. The first kappa shape index (κ1) is 15.4. The Balaban J connectivity index is 1.54. The number of rotatable bonds is 2. The van der Waals surface area contributed by atoms with Crippen molar-refractivity contribution in [3.63, 3.8) is 0 Å². The van der Waals surface area contributed by atoms with E-state index >= 15 is 0 Å². The van der Waals surface area contributed by atoms with Crippen molar-refractivity contribution in [2.75, 3.05) is 0 Å². The predicted octanol–water partition coefficient (Wildman–Crippen LogP) is 4.03. The van der Waals surface area contributed by atoms with Crippen LogP contribution >= 0.6 is 0 Å². The molecule has 0 N–H and O–H groups in total. The molecule has 0 spiro atoms. The van der Waals surface area contributed by atoms with Gasteiger partial charge in [-0.05, 0) is 43.9 Å². The van der Waals surface area contributed by atoms with Crippen LogP contribution in [0.5, 0.6) is 0 Å². The van der Waals surface area contributed by atoms with Gasteiger partial charge in [-0.15, -0.1) is 0 Å². The fraction of sp³-hybridized carbons (Fsp3) is 0.750. The van der Waals surface area contributed by atoms with Crippen LogP contribution in [0, 0.1) is 23.7 Å². The van der Waals surface area contributed by atoms with Gasteiger partial charge in [-0.3, -0.25) is 4.79 Å². The van der Waals surface area contributed by atoms with Crippen LogP contribution in [0.1, 0.15) is 51.9 Å². The maximum absolute atomic E-state index is 12.3. The summed E-state index contributed by atoms with van der Waals surface area (Å²) in [7, 11) is 0. The normalized spacial score (nSPS) is 48.7. The van der Waals surface area contributed by atoms with Crippen molar-refractivity contribution in [1.29, 1.82) is 0 Å². The lowest BCUT2D eigenvalue weighted by molar-refractivity contribution is -0.155. The fourth-order valence-corrected chi connectivity index (χ4v) is 4.70. The standard InChI is InChI=1S/C20H28O3/c1-2-13-11-15(13)19-16-12-17-20(22-17)14(16)9-7-5-3-4-6-8-10-18(21)23-19/h3-4,7,9,13-17,19-20H,2,5-6,8,10-12H2,1H3/b4-3-,9-7-/t13-,14-,15+,16-,17+,19+,20-/m1/s1. The van der Waals surface area contributed by atoms with Crippen molar-refractivity contribution in [3.8, 4) is 0 Å². The molecule has 3 fully saturated rings. The van der Waals surface area contributed by atoms with Gasteiger partial charge in [-0.25, -0.2) is 0 Å². The first-order chi connectivity index (χ1) is 11.3. The second-order valence-corrected chi connectivity index (χ2v) is 7.67. The van der Waals surface area contributed by atoms with E-state index in [-0.39, 0.29) is 12.1 Å². The Morgan fingerprint density at radius 2 is 2.04 bits per heavy atom. The monoisotopic (exact) mass is 316 g/mol. The van der Waals surface area contributed by atoms with E-state index in [0.29, 0.717) is 36.4 Å². The topological polar surface area (TPSA) is 38.8 Å². The maximum atomic E-state index is 12.3. The Hall–Kier alpha value is -1.09. The van der Waals surface area contributed by atoms with Crippen molar-refractivity contribution >= 4 is 5.97 Å². The van der Waals surface area contributed by atoms with Gasteiger partial charge in [-0.1, -0.05) is 37.6 Å². The van der Waals surface area contributed by atoms with Crippen LogP contribution < -0.4 is 0 Å². The molecule has 2 aliphatic heterocycles. The minimum absolute atomic E-state index is 0.00798. The van der Waals surface area contributed by atoms with Crippen LogP contribution in [-0.2, 0) is 14.3 Å². The number of carbonyl (C=O) groups is 1. The molecular weight excluding hydrogens is 288 g/mol. The SMILES string of the molecule is CC[C@@H]1C[C@@H]1[C@@H]1OC(=O)CCC/C=C\C/C=C\[C@@H]2[C@H]1C[C@@H]1O[C@H]21. The molecule has 0 radical (unpaired) electrons. The predicted molar refractivity (Wildman–Crippen MR) is 88.8 cm³/mol. The van der Waals surface area contributed by atoms with Crippen LogP contribution in [0.15, 0.2) is 24.3 Å². The van der Waals surface area contributed by atoms with Gasteiger partial charge in [0, 0.05) is 18.3 Å². The number of carbonyl (C=O) groups excluding carboxylic acids is 1. The molecule has 2 heterocycles. The summed E-state index contributed by atoms with van der Waals surface area (Å²) in [4.78, 5) is 12.3. The molecule has 3 nitrogen and oxygen atoms in total. The number of cyclic esters (lactones) is 1. The van der Waals surface area contributed by atoms with E-state index in [2.05, 4.69) is 31.2 Å². The summed E-state index contributed by atoms with van der Waals surface area (Å²) < 4.78 is 11.8. The van der Waals surface area contributed by atoms with E-state index in [0.717, 1.165) is 31.6 Å². The lowest BCUT2D eigenvalue weighted by Crippen LogP contribution is -2.33. The van der Waals surface area contributed by atoms with Gasteiger partial charge in [0.25, 0.3) is 0 Å². The van der Waals surface area contributed by atoms with Crippen LogP contribution in [0.3, 0.4) is 0 Å². The number of hydrogen-bond acceptors (Lipinski definition) is 3. The molecule has 0 unspecified atom stereocenters. The zero-order valence-electron chi connectivity index (χ0n) is 14.0. The zero-order chi connectivity index (χ0) is 15.8. The number of fused-ring (bicyclic) bond motifs is 3. The highest BCUT2D eigenvalue weighted by molar-refractivity contribution is 5.69. The Morgan fingerprint density at radius 1 is 1.13 bits per heavy atom. The summed E-state index contributed by atoms with van der Waals surface area (Å²) in [5, 5.41) is 0. The highest BCUT2D eigenvalue weighted by Gasteiger charge is 2.60. The van der Waals surface area contributed by atoms with E-state index in [1.165, 1.54) is 12.8 Å². The molecule has 4 aliphatic rings. The zero-order valence-corrected chi connectivity index (χ0v) is 14.0. The molecule has 0 aromatic carbocycles. The van der Waals surface area contributed by atoms with E-state index < -0.39 is 0 Å². The van der Waals surface area contributed by atoms with Crippen molar-refractivity contribution in [1.82, 2.24) is 0 Å². The van der Waals surface area contributed by atoms with Gasteiger partial charge in [0.05, 0.1) is 12.2 Å². The number of hydrogen-bond donors (Lipinski definition) is 0. The molecule has 0 aromatic rings. The number of allylic oxidation sites excluding steroid dienone is 3. The third-order valence-electron chi connectivity index (χ3n) is 6.16. The number of ether oxygens (including phenoxy) is 2. The first-order valence-electron chi connectivity index (χ1n) is 9.44. The Morgan fingerprint density at radius 3 is 2.87 bits per heavy atom. The van der Waals surface area contributed by atoms with Crippen molar-refractivity contribution in [2.45, 2.75) is 70.2 Å². The van der Waals surface area contributed by atoms with E-state index in [9.17, 15) is 4.79 Å². The molecule has 2 saturated carbocycles. The highest BCUT2D eigenvalue weighted by Crippen LogP contribution is 2.55. The second kappa shape index (κ2) is 6.43. The van der Waals surface area contributed by atoms with Crippen molar-refractivity contribution in [2.24, 2.45) is 23.7 Å². The minimum Gasteiger partial charge on any atom is -0.462 e. The van der Waals surface area contributed by atoms with Gasteiger partial charge in [-0.2, -0.15) is 0 Å². The fourth-order valence-electron chi connectivity index (χ4n) is 4.70. The van der Waals surface area contributed by atoms with E-state index in [1.54, 1.807) is 0 Å². The van der Waals surface area contributed by atoms with E-state index in [4.69, 9.17) is 9.47 Å². The van der Waals surface area contributed by atoms with Gasteiger partial charge >= 0.3 is 5.97 Å². The maximum Gasteiger partial charge on any atom is 0.306 e. The van der Waals surface area contributed by atoms with Gasteiger partial charge in [0.2, 0.25) is 0 Å².